The molecule has 1 aromatic carbocycles. The van der Waals surface area contributed by atoms with Crippen LogP contribution in [0.25, 0.3) is 0 Å². The maximum Gasteiger partial charge on any atom is 0.240 e. The molecule has 1 aromatic rings. The summed E-state index contributed by atoms with van der Waals surface area (Å²) in [6.07, 6.45) is 1.43. The van der Waals surface area contributed by atoms with Gasteiger partial charge in [-0.3, -0.25) is 0 Å². The van der Waals surface area contributed by atoms with Crippen molar-refractivity contribution >= 4 is 10.0 Å². The number of ether oxygens (including phenoxy) is 1. The maximum absolute atomic E-state index is 12.3. The first-order valence-corrected chi connectivity index (χ1v) is 9.22. The van der Waals surface area contributed by atoms with Gasteiger partial charge in [-0.15, -0.1) is 0 Å². The van der Waals surface area contributed by atoms with Crippen LogP contribution in [-0.2, 0) is 10.0 Å². The van der Waals surface area contributed by atoms with Gasteiger partial charge < -0.3 is 10.5 Å². The zero-order valence-corrected chi connectivity index (χ0v) is 14.7. The Labute approximate surface area is 134 Å². The first-order valence-electron chi connectivity index (χ1n) is 7.74. The number of nitrogens with two attached hydrogens (primary N) is 1. The fraction of sp³-hybridized carbons (Fsp3) is 0.625. The SMILES string of the molecule is CCC(N)(CC)CNS(=O)(=O)c1ccc(OCC(C)C)cc1. The molecule has 0 aromatic heterocycles. The van der Waals surface area contributed by atoms with Gasteiger partial charge in [0.15, 0.2) is 0 Å². The van der Waals surface area contributed by atoms with Gasteiger partial charge in [-0.25, -0.2) is 13.1 Å². The Morgan fingerprint density at radius 2 is 1.73 bits per heavy atom. The lowest BCUT2D eigenvalue weighted by molar-refractivity contribution is 0.271. The van der Waals surface area contributed by atoms with Crippen LogP contribution in [0.4, 0.5) is 0 Å². The summed E-state index contributed by atoms with van der Waals surface area (Å²) in [5.41, 5.74) is 5.62. The lowest BCUT2D eigenvalue weighted by Gasteiger charge is -2.26. The van der Waals surface area contributed by atoms with Crippen molar-refractivity contribution in [2.75, 3.05) is 13.2 Å². The van der Waals surface area contributed by atoms with Gasteiger partial charge in [0.25, 0.3) is 0 Å². The maximum atomic E-state index is 12.3. The second kappa shape index (κ2) is 7.94. The molecule has 0 fully saturated rings. The van der Waals surface area contributed by atoms with Crippen LogP contribution in [0.15, 0.2) is 29.2 Å². The van der Waals surface area contributed by atoms with Gasteiger partial charge in [0.1, 0.15) is 5.75 Å². The van der Waals surface area contributed by atoms with Crippen molar-refractivity contribution in [3.63, 3.8) is 0 Å². The molecule has 0 aliphatic carbocycles. The van der Waals surface area contributed by atoms with Gasteiger partial charge in [0.2, 0.25) is 10.0 Å². The molecule has 0 saturated carbocycles. The second-order valence-corrected chi connectivity index (χ2v) is 7.84. The van der Waals surface area contributed by atoms with Gasteiger partial charge in [-0.05, 0) is 43.0 Å². The molecule has 0 spiro atoms. The lowest BCUT2D eigenvalue weighted by Crippen LogP contribution is -2.49. The average molecular weight is 328 g/mol. The van der Waals surface area contributed by atoms with E-state index in [0.29, 0.717) is 31.1 Å². The van der Waals surface area contributed by atoms with Crippen molar-refractivity contribution in [1.29, 1.82) is 0 Å². The predicted octanol–water partition coefficient (Wildman–Crippen LogP) is 2.52. The van der Waals surface area contributed by atoms with Crippen molar-refractivity contribution in [3.8, 4) is 5.75 Å². The van der Waals surface area contributed by atoms with E-state index in [-0.39, 0.29) is 11.4 Å². The quantitative estimate of drug-likeness (QED) is 0.730. The number of hydrogen-bond acceptors (Lipinski definition) is 4. The zero-order valence-electron chi connectivity index (χ0n) is 13.9. The minimum atomic E-state index is -3.55. The topological polar surface area (TPSA) is 81.4 Å². The van der Waals surface area contributed by atoms with Gasteiger partial charge in [-0.1, -0.05) is 27.7 Å². The molecular weight excluding hydrogens is 300 g/mol. The Hall–Kier alpha value is -1.11. The predicted molar refractivity (Wildman–Crippen MR) is 89.5 cm³/mol. The van der Waals surface area contributed by atoms with Crippen LogP contribution in [0, 0.1) is 5.92 Å². The molecule has 22 heavy (non-hydrogen) atoms. The highest BCUT2D eigenvalue weighted by Gasteiger charge is 2.24. The molecule has 3 N–H and O–H groups in total. The zero-order chi connectivity index (χ0) is 16.8. The van der Waals surface area contributed by atoms with Gasteiger partial charge in [0.05, 0.1) is 11.5 Å². The monoisotopic (exact) mass is 328 g/mol. The number of hydrogen-bond donors (Lipinski definition) is 2. The fourth-order valence-electron chi connectivity index (χ4n) is 1.80. The highest BCUT2D eigenvalue weighted by Crippen LogP contribution is 2.17. The smallest absolute Gasteiger partial charge is 0.240 e. The number of rotatable bonds is 9. The largest absolute Gasteiger partial charge is 0.493 e. The van der Waals surface area contributed by atoms with Crippen LogP contribution >= 0.6 is 0 Å². The summed E-state index contributed by atoms with van der Waals surface area (Å²) < 4.78 is 32.7. The summed E-state index contributed by atoms with van der Waals surface area (Å²) in [6.45, 7) is 8.87. The Morgan fingerprint density at radius 1 is 1.18 bits per heavy atom. The fourth-order valence-corrected chi connectivity index (χ4v) is 2.94. The third-order valence-electron chi connectivity index (χ3n) is 3.74. The van der Waals surface area contributed by atoms with Crippen LogP contribution in [0.3, 0.4) is 0 Å². The molecule has 0 saturated heterocycles. The van der Waals surface area contributed by atoms with E-state index in [4.69, 9.17) is 10.5 Å². The normalized spacial score (nSPS) is 12.6. The Kier molecular flexibility index (Phi) is 6.84. The molecule has 0 bridgehead atoms. The molecule has 0 heterocycles. The molecule has 5 nitrogen and oxygen atoms in total. The van der Waals surface area contributed by atoms with E-state index in [1.54, 1.807) is 24.3 Å². The van der Waals surface area contributed by atoms with Crippen LogP contribution in [0.2, 0.25) is 0 Å². The third-order valence-corrected chi connectivity index (χ3v) is 5.16. The van der Waals surface area contributed by atoms with E-state index in [0.717, 1.165) is 0 Å². The average Bonchev–Trinajstić information content (AvgIpc) is 2.51. The van der Waals surface area contributed by atoms with Crippen molar-refractivity contribution in [2.24, 2.45) is 11.7 Å². The highest BCUT2D eigenvalue weighted by atomic mass is 32.2. The summed E-state index contributed by atoms with van der Waals surface area (Å²) in [5.74, 6) is 1.09. The van der Waals surface area contributed by atoms with Crippen LogP contribution in [0.5, 0.6) is 5.75 Å². The van der Waals surface area contributed by atoms with Crippen molar-refractivity contribution < 1.29 is 13.2 Å². The van der Waals surface area contributed by atoms with Gasteiger partial charge >= 0.3 is 0 Å². The molecule has 1 rings (SSSR count). The number of sulfonamides is 1. The molecule has 0 radical (unpaired) electrons. The van der Waals surface area contributed by atoms with E-state index >= 15 is 0 Å². The molecule has 0 amide bonds. The minimum Gasteiger partial charge on any atom is -0.493 e. The Balaban J connectivity index is 2.73. The molecule has 0 unspecified atom stereocenters. The van der Waals surface area contributed by atoms with Gasteiger partial charge in [-0.2, -0.15) is 0 Å². The number of benzene rings is 1. The first kappa shape index (κ1) is 18.9. The van der Waals surface area contributed by atoms with Crippen LogP contribution < -0.4 is 15.2 Å². The van der Waals surface area contributed by atoms with E-state index in [2.05, 4.69) is 18.6 Å². The second-order valence-electron chi connectivity index (χ2n) is 6.07. The highest BCUT2D eigenvalue weighted by molar-refractivity contribution is 7.89. The van der Waals surface area contributed by atoms with Crippen molar-refractivity contribution in [2.45, 2.75) is 51.0 Å². The van der Waals surface area contributed by atoms with Crippen LogP contribution in [-0.4, -0.2) is 27.1 Å². The summed E-state index contributed by atoms with van der Waals surface area (Å²) in [6, 6.07) is 6.45. The molecule has 0 aliphatic heterocycles. The van der Waals surface area contributed by atoms with Gasteiger partial charge in [0, 0.05) is 12.1 Å². The minimum absolute atomic E-state index is 0.221. The summed E-state index contributed by atoms with van der Waals surface area (Å²) >= 11 is 0. The van der Waals surface area contributed by atoms with E-state index in [1.807, 2.05) is 13.8 Å². The summed E-state index contributed by atoms with van der Waals surface area (Å²) in [5, 5.41) is 0. The molecule has 0 aliphatic rings. The van der Waals surface area contributed by atoms with Crippen molar-refractivity contribution in [1.82, 2.24) is 4.72 Å². The summed E-state index contributed by atoms with van der Waals surface area (Å²) in [4.78, 5) is 0.221. The van der Waals surface area contributed by atoms with Crippen LogP contribution in [0.1, 0.15) is 40.5 Å². The van der Waals surface area contributed by atoms with E-state index < -0.39 is 15.6 Å². The standard InChI is InChI=1S/C16H28N2O3S/c1-5-16(17,6-2)12-18-22(19,20)15-9-7-14(8-10-15)21-11-13(3)4/h7-10,13,18H,5-6,11-12,17H2,1-4H3. The number of nitrogens with one attached hydrogen (secondary N) is 1. The Morgan fingerprint density at radius 3 is 2.18 bits per heavy atom. The lowest BCUT2D eigenvalue weighted by atomic mass is 9.95. The van der Waals surface area contributed by atoms with E-state index in [9.17, 15) is 8.42 Å². The molecular formula is C16H28N2O3S. The molecule has 0 atom stereocenters. The molecule has 126 valence electrons. The van der Waals surface area contributed by atoms with E-state index in [1.165, 1.54) is 0 Å². The summed E-state index contributed by atoms with van der Waals surface area (Å²) in [7, 11) is -3.55. The Bertz CT molecular complexity index is 549. The first-order chi connectivity index (χ1) is 10.2. The van der Waals surface area contributed by atoms with Crippen molar-refractivity contribution in [3.05, 3.63) is 24.3 Å². The third kappa shape index (κ3) is 5.59. The molecule has 6 heteroatoms.